The fourth-order valence-electron chi connectivity index (χ4n) is 1.55. The van der Waals surface area contributed by atoms with Gasteiger partial charge in [0.1, 0.15) is 5.82 Å². The Morgan fingerprint density at radius 2 is 2.38 bits per heavy atom. The highest BCUT2D eigenvalue weighted by molar-refractivity contribution is 6.20. The van der Waals surface area contributed by atoms with E-state index in [2.05, 4.69) is 15.2 Å². The fourth-order valence-corrected chi connectivity index (χ4v) is 1.65. The first kappa shape index (κ1) is 9.00. The quantitative estimate of drug-likeness (QED) is 0.760. The summed E-state index contributed by atoms with van der Waals surface area (Å²) in [6, 6.07) is 0. The van der Waals surface area contributed by atoms with Crippen molar-refractivity contribution < 1.29 is 0 Å². The zero-order chi connectivity index (χ0) is 9.26. The molecule has 3 nitrogen and oxygen atoms in total. The summed E-state index contributed by atoms with van der Waals surface area (Å²) in [5, 5.41) is 6.91. The molecule has 0 radical (unpaired) electrons. The first-order chi connectivity index (χ1) is 6.25. The minimum Gasteiger partial charge on any atom is -0.263 e. The zero-order valence-corrected chi connectivity index (χ0v) is 8.51. The van der Waals surface area contributed by atoms with E-state index >= 15 is 0 Å². The molecular weight excluding hydrogens is 186 g/mol. The van der Waals surface area contributed by atoms with Crippen molar-refractivity contribution in [3.05, 3.63) is 11.6 Å². The van der Waals surface area contributed by atoms with Gasteiger partial charge in [-0.05, 0) is 12.8 Å². The molecule has 2 rings (SSSR count). The number of rotatable bonds is 3. The number of nitrogens with one attached hydrogen (secondary N) is 1. The molecule has 13 heavy (non-hydrogen) atoms. The molecule has 1 atom stereocenters. The summed E-state index contributed by atoms with van der Waals surface area (Å²) in [5.74, 6) is 2.54. The number of aromatic amines is 1. The molecule has 4 heteroatoms. The third kappa shape index (κ3) is 2.02. The lowest BCUT2D eigenvalue weighted by Gasteiger charge is -2.23. The molecule has 1 aromatic rings. The summed E-state index contributed by atoms with van der Waals surface area (Å²) in [7, 11) is 0. The maximum atomic E-state index is 5.86. The van der Waals surface area contributed by atoms with Gasteiger partial charge in [-0.2, -0.15) is 5.10 Å². The molecule has 1 aromatic heterocycles. The van der Waals surface area contributed by atoms with Gasteiger partial charge in [-0.15, -0.1) is 11.6 Å². The molecule has 0 aliphatic heterocycles. The van der Waals surface area contributed by atoms with Crippen molar-refractivity contribution in [3.8, 4) is 0 Å². The van der Waals surface area contributed by atoms with Gasteiger partial charge < -0.3 is 0 Å². The van der Waals surface area contributed by atoms with Gasteiger partial charge in [-0.3, -0.25) is 5.10 Å². The summed E-state index contributed by atoms with van der Waals surface area (Å²) in [6.45, 7) is 1.89. The maximum absolute atomic E-state index is 5.86. The largest absolute Gasteiger partial charge is 0.263 e. The van der Waals surface area contributed by atoms with Crippen molar-refractivity contribution in [2.75, 3.05) is 0 Å². The van der Waals surface area contributed by atoms with Crippen LogP contribution in [-0.2, 0) is 6.42 Å². The van der Waals surface area contributed by atoms with Crippen LogP contribution in [0, 0.1) is 5.92 Å². The molecule has 0 spiro atoms. The van der Waals surface area contributed by atoms with Crippen LogP contribution in [0.25, 0.3) is 0 Å². The molecule has 0 aromatic carbocycles. The van der Waals surface area contributed by atoms with Crippen molar-refractivity contribution in [2.45, 2.75) is 38.0 Å². The number of halogens is 1. The molecule has 72 valence electrons. The normalized spacial score (nSPS) is 19.8. The minimum absolute atomic E-state index is 0.0913. The fraction of sp³-hybridized carbons (Fsp3) is 0.778. The number of nitrogens with zero attached hydrogens (tertiary/aromatic N) is 2. The second-order valence-corrected chi connectivity index (χ2v) is 4.41. The van der Waals surface area contributed by atoms with E-state index in [-0.39, 0.29) is 5.38 Å². The highest BCUT2D eigenvalue weighted by Gasteiger charge is 2.19. The average Bonchev–Trinajstić information content (AvgIpc) is 2.44. The first-order valence-corrected chi connectivity index (χ1v) is 5.24. The summed E-state index contributed by atoms with van der Waals surface area (Å²) in [5.41, 5.74) is 0. The van der Waals surface area contributed by atoms with E-state index < -0.39 is 0 Å². The Bertz CT molecular complexity index is 278. The van der Waals surface area contributed by atoms with Crippen molar-refractivity contribution in [2.24, 2.45) is 5.92 Å². The Balaban J connectivity index is 1.96. The highest BCUT2D eigenvalue weighted by atomic mass is 35.5. The van der Waals surface area contributed by atoms with E-state index in [1.165, 1.54) is 19.3 Å². The molecule has 1 heterocycles. The third-order valence-electron chi connectivity index (χ3n) is 2.61. The number of hydrogen-bond acceptors (Lipinski definition) is 2. The van der Waals surface area contributed by atoms with Gasteiger partial charge in [0.05, 0.1) is 5.38 Å². The van der Waals surface area contributed by atoms with E-state index in [4.69, 9.17) is 11.6 Å². The van der Waals surface area contributed by atoms with Crippen LogP contribution in [-0.4, -0.2) is 15.2 Å². The van der Waals surface area contributed by atoms with Crippen LogP contribution in [0.4, 0.5) is 0 Å². The standard InChI is InChI=1S/C9H14ClN3/c1-6(10)9-11-8(12-13-9)5-7-3-2-4-7/h6-7H,2-5H2,1H3,(H,11,12,13). The summed E-state index contributed by atoms with van der Waals surface area (Å²) in [6.07, 6.45) is 5.09. The van der Waals surface area contributed by atoms with Crippen LogP contribution in [0.2, 0.25) is 0 Å². The van der Waals surface area contributed by atoms with Gasteiger partial charge in [0.15, 0.2) is 5.82 Å². The maximum Gasteiger partial charge on any atom is 0.168 e. The number of alkyl halides is 1. The smallest absolute Gasteiger partial charge is 0.168 e. The number of aromatic nitrogens is 3. The summed E-state index contributed by atoms with van der Waals surface area (Å²) in [4.78, 5) is 4.33. The van der Waals surface area contributed by atoms with Crippen LogP contribution in [0.3, 0.4) is 0 Å². The Morgan fingerprint density at radius 1 is 1.62 bits per heavy atom. The van der Waals surface area contributed by atoms with Crippen molar-refractivity contribution in [1.29, 1.82) is 0 Å². The monoisotopic (exact) mass is 199 g/mol. The molecule has 1 unspecified atom stereocenters. The predicted octanol–water partition coefficient (Wildman–Crippen LogP) is 2.45. The molecule has 1 N–H and O–H groups in total. The summed E-state index contributed by atoms with van der Waals surface area (Å²) < 4.78 is 0. The molecule has 1 aliphatic rings. The Morgan fingerprint density at radius 3 is 2.85 bits per heavy atom. The SMILES string of the molecule is CC(Cl)c1n[nH]c(CC2CCC2)n1. The van der Waals surface area contributed by atoms with Gasteiger partial charge in [0.25, 0.3) is 0 Å². The average molecular weight is 200 g/mol. The van der Waals surface area contributed by atoms with Crippen molar-refractivity contribution >= 4 is 11.6 Å². The second kappa shape index (κ2) is 3.66. The highest BCUT2D eigenvalue weighted by Crippen LogP contribution is 2.29. The lowest BCUT2D eigenvalue weighted by atomic mass is 9.83. The van der Waals surface area contributed by atoms with E-state index in [9.17, 15) is 0 Å². The van der Waals surface area contributed by atoms with E-state index in [0.717, 1.165) is 24.0 Å². The van der Waals surface area contributed by atoms with Gasteiger partial charge >= 0.3 is 0 Å². The Hall–Kier alpha value is -0.570. The van der Waals surface area contributed by atoms with Crippen LogP contribution < -0.4 is 0 Å². The predicted molar refractivity (Wildman–Crippen MR) is 51.7 cm³/mol. The van der Waals surface area contributed by atoms with Crippen LogP contribution >= 0.6 is 11.6 Å². The molecule has 0 amide bonds. The van der Waals surface area contributed by atoms with Crippen molar-refractivity contribution in [3.63, 3.8) is 0 Å². The zero-order valence-electron chi connectivity index (χ0n) is 7.76. The lowest BCUT2D eigenvalue weighted by Crippen LogP contribution is -2.14. The third-order valence-corrected chi connectivity index (χ3v) is 2.81. The van der Waals surface area contributed by atoms with Crippen LogP contribution in [0.1, 0.15) is 43.2 Å². The van der Waals surface area contributed by atoms with Crippen molar-refractivity contribution in [1.82, 2.24) is 15.2 Å². The Labute approximate surface area is 82.9 Å². The van der Waals surface area contributed by atoms with Gasteiger partial charge in [0.2, 0.25) is 0 Å². The Kier molecular flexibility index (Phi) is 2.54. The molecular formula is C9H14ClN3. The van der Waals surface area contributed by atoms with E-state index in [1.54, 1.807) is 0 Å². The molecule has 1 saturated carbocycles. The number of hydrogen-bond donors (Lipinski definition) is 1. The summed E-state index contributed by atoms with van der Waals surface area (Å²) >= 11 is 5.86. The minimum atomic E-state index is -0.0913. The molecule has 0 saturated heterocycles. The number of H-pyrrole nitrogens is 1. The van der Waals surface area contributed by atoms with Gasteiger partial charge in [-0.25, -0.2) is 4.98 Å². The van der Waals surface area contributed by atoms with Crippen LogP contribution in [0.15, 0.2) is 0 Å². The first-order valence-electron chi connectivity index (χ1n) is 4.81. The van der Waals surface area contributed by atoms with Gasteiger partial charge in [-0.1, -0.05) is 19.3 Å². The van der Waals surface area contributed by atoms with Gasteiger partial charge in [0, 0.05) is 6.42 Å². The molecule has 1 aliphatic carbocycles. The lowest BCUT2D eigenvalue weighted by molar-refractivity contribution is 0.309. The topological polar surface area (TPSA) is 41.6 Å². The van der Waals surface area contributed by atoms with E-state index in [1.807, 2.05) is 6.92 Å². The van der Waals surface area contributed by atoms with E-state index in [0.29, 0.717) is 0 Å². The van der Waals surface area contributed by atoms with Crippen LogP contribution in [0.5, 0.6) is 0 Å². The molecule has 1 fully saturated rings. The second-order valence-electron chi connectivity index (χ2n) is 3.76. The molecule has 0 bridgehead atoms.